The van der Waals surface area contributed by atoms with Crippen LogP contribution >= 0.6 is 22.6 Å². The van der Waals surface area contributed by atoms with E-state index in [1.54, 1.807) is 31.2 Å². The maximum absolute atomic E-state index is 14.5. The molecule has 0 bridgehead atoms. The molecule has 29 heavy (non-hydrogen) atoms. The summed E-state index contributed by atoms with van der Waals surface area (Å²) in [6, 6.07) is 11.0. The Balaban J connectivity index is 2.36. The first-order valence-corrected chi connectivity index (χ1v) is 9.72. The van der Waals surface area contributed by atoms with Gasteiger partial charge in [0.1, 0.15) is 17.4 Å². The predicted octanol–water partition coefficient (Wildman–Crippen LogP) is 3.26. The van der Waals surface area contributed by atoms with Gasteiger partial charge in [-0.05, 0) is 53.8 Å². The Labute approximate surface area is 178 Å². The van der Waals surface area contributed by atoms with E-state index in [1.807, 2.05) is 22.6 Å². The van der Waals surface area contributed by atoms with Gasteiger partial charge in [-0.25, -0.2) is 9.18 Å². The quantitative estimate of drug-likeness (QED) is 0.408. The van der Waals surface area contributed by atoms with Crippen LogP contribution in [0, 0.1) is 9.39 Å². The number of nitrogens with zero attached hydrogens (tertiary/aromatic N) is 2. The zero-order chi connectivity index (χ0) is 21.1. The van der Waals surface area contributed by atoms with Crippen LogP contribution < -0.4 is 21.3 Å². The number of rotatable bonds is 6. The van der Waals surface area contributed by atoms with Crippen molar-refractivity contribution in [2.75, 3.05) is 5.32 Å². The molecule has 0 spiro atoms. The molecule has 0 unspecified atom stereocenters. The van der Waals surface area contributed by atoms with Crippen LogP contribution in [-0.2, 0) is 18.4 Å². The van der Waals surface area contributed by atoms with E-state index >= 15 is 0 Å². The highest BCUT2D eigenvalue weighted by atomic mass is 127. The van der Waals surface area contributed by atoms with Crippen molar-refractivity contribution >= 4 is 40.6 Å². The Bertz CT molecular complexity index is 1200. The predicted molar refractivity (Wildman–Crippen MR) is 116 cm³/mol. The molecule has 150 valence electrons. The van der Waals surface area contributed by atoms with Crippen LogP contribution in [0.3, 0.4) is 0 Å². The van der Waals surface area contributed by atoms with Crippen molar-refractivity contribution in [2.24, 2.45) is 7.05 Å². The van der Waals surface area contributed by atoms with Crippen molar-refractivity contribution in [3.63, 3.8) is 0 Å². The molecule has 1 N–H and O–H groups in total. The first-order chi connectivity index (χ1) is 13.9. The van der Waals surface area contributed by atoms with Gasteiger partial charge >= 0.3 is 5.69 Å². The second-order valence-electron chi connectivity index (χ2n) is 6.07. The van der Waals surface area contributed by atoms with E-state index in [0.717, 1.165) is 4.57 Å². The van der Waals surface area contributed by atoms with Gasteiger partial charge in [-0.1, -0.05) is 18.2 Å². The summed E-state index contributed by atoms with van der Waals surface area (Å²) in [4.78, 5) is 36.6. The zero-order valence-electron chi connectivity index (χ0n) is 15.6. The largest absolute Gasteiger partial charge is 0.428 e. The zero-order valence-corrected chi connectivity index (χ0v) is 17.8. The fraction of sp³-hybridized carbons (Fsp3) is 0.150. The average Bonchev–Trinajstić information content (AvgIpc) is 2.70. The lowest BCUT2D eigenvalue weighted by Gasteiger charge is -2.20. The van der Waals surface area contributed by atoms with E-state index in [9.17, 15) is 18.8 Å². The molecule has 1 heterocycles. The van der Waals surface area contributed by atoms with Crippen LogP contribution in [0.4, 0.5) is 15.9 Å². The van der Waals surface area contributed by atoms with Gasteiger partial charge in [0.2, 0.25) is 0 Å². The number of para-hydroxylation sites is 1. The van der Waals surface area contributed by atoms with Crippen LogP contribution in [0.15, 0.2) is 52.1 Å². The number of aromatic nitrogens is 2. The summed E-state index contributed by atoms with van der Waals surface area (Å²) in [5.74, 6) is -0.272. The maximum atomic E-state index is 14.5. The minimum atomic E-state index is -0.602. The van der Waals surface area contributed by atoms with Gasteiger partial charge in [-0.15, -0.1) is 0 Å². The lowest BCUT2D eigenvalue weighted by atomic mass is 10.1. The van der Waals surface area contributed by atoms with E-state index in [4.69, 9.17) is 4.74 Å². The minimum absolute atomic E-state index is 0.0874. The number of carbonyl (C=O) groups is 1. The van der Waals surface area contributed by atoms with E-state index in [0.29, 0.717) is 9.13 Å². The SMILES string of the molecule is CCn1c(Nc2ccc(I)cc2F)c(-c2ccccc2OC=O)c(=O)n(C)c1=O. The first kappa shape index (κ1) is 20.8. The topological polar surface area (TPSA) is 82.3 Å². The summed E-state index contributed by atoms with van der Waals surface area (Å²) >= 11 is 1.99. The molecule has 1 aromatic heterocycles. The third kappa shape index (κ3) is 3.95. The molecule has 0 radical (unpaired) electrons. The van der Waals surface area contributed by atoms with Gasteiger partial charge in [-0.3, -0.25) is 18.7 Å². The average molecular weight is 509 g/mol. The molecule has 7 nitrogen and oxygen atoms in total. The Kier molecular flexibility index (Phi) is 6.16. The third-order valence-corrected chi connectivity index (χ3v) is 5.05. The molecule has 3 rings (SSSR count). The normalized spacial score (nSPS) is 10.6. The van der Waals surface area contributed by atoms with Gasteiger partial charge in [0.05, 0.1) is 11.3 Å². The molecule has 9 heteroatoms. The number of hydrogen-bond acceptors (Lipinski definition) is 5. The van der Waals surface area contributed by atoms with Gasteiger partial charge < -0.3 is 10.1 Å². The highest BCUT2D eigenvalue weighted by molar-refractivity contribution is 14.1. The second-order valence-corrected chi connectivity index (χ2v) is 7.32. The minimum Gasteiger partial charge on any atom is -0.428 e. The first-order valence-electron chi connectivity index (χ1n) is 8.64. The molecule has 0 amide bonds. The Morgan fingerprint density at radius 3 is 2.59 bits per heavy atom. The Morgan fingerprint density at radius 1 is 1.21 bits per heavy atom. The summed E-state index contributed by atoms with van der Waals surface area (Å²) in [6.07, 6.45) is 0. The Morgan fingerprint density at radius 2 is 1.93 bits per heavy atom. The van der Waals surface area contributed by atoms with Crippen LogP contribution in [0.5, 0.6) is 5.75 Å². The maximum Gasteiger partial charge on any atom is 0.332 e. The number of halogens is 2. The highest BCUT2D eigenvalue weighted by Crippen LogP contribution is 2.34. The van der Waals surface area contributed by atoms with Gasteiger partial charge in [0, 0.05) is 22.7 Å². The van der Waals surface area contributed by atoms with Crippen molar-refractivity contribution in [1.82, 2.24) is 9.13 Å². The summed E-state index contributed by atoms with van der Waals surface area (Å²) in [5.41, 5.74) is -0.658. The number of benzene rings is 2. The molecular formula is C20H17FIN3O4. The fourth-order valence-corrected chi connectivity index (χ4v) is 3.43. The van der Waals surface area contributed by atoms with Gasteiger partial charge in [0.25, 0.3) is 12.0 Å². The van der Waals surface area contributed by atoms with E-state index in [1.165, 1.54) is 29.8 Å². The Hall–Kier alpha value is -2.95. The van der Waals surface area contributed by atoms with E-state index in [2.05, 4.69) is 5.32 Å². The van der Waals surface area contributed by atoms with Crippen molar-refractivity contribution in [3.8, 4) is 16.9 Å². The smallest absolute Gasteiger partial charge is 0.332 e. The molecule has 2 aromatic carbocycles. The van der Waals surface area contributed by atoms with E-state index in [-0.39, 0.29) is 35.8 Å². The molecule has 0 aliphatic carbocycles. The number of carbonyl (C=O) groups excluding carboxylic acids is 1. The van der Waals surface area contributed by atoms with Gasteiger partial charge in [-0.2, -0.15) is 0 Å². The second kappa shape index (κ2) is 8.60. The molecule has 0 fully saturated rings. The number of nitrogens with one attached hydrogen (secondary N) is 1. The van der Waals surface area contributed by atoms with Crippen molar-refractivity contribution in [2.45, 2.75) is 13.5 Å². The molecule has 0 aliphatic rings. The molecule has 0 saturated heterocycles. The third-order valence-electron chi connectivity index (χ3n) is 4.37. The fourth-order valence-electron chi connectivity index (χ4n) is 2.98. The molecule has 0 saturated carbocycles. The number of ether oxygens (including phenoxy) is 1. The lowest BCUT2D eigenvalue weighted by molar-refractivity contribution is -0.120. The molecule has 0 aliphatic heterocycles. The van der Waals surface area contributed by atoms with Crippen LogP contribution in [0.2, 0.25) is 0 Å². The highest BCUT2D eigenvalue weighted by Gasteiger charge is 2.22. The molecular weight excluding hydrogens is 492 g/mol. The summed E-state index contributed by atoms with van der Waals surface area (Å²) < 4.78 is 22.5. The van der Waals surface area contributed by atoms with Crippen LogP contribution in [-0.4, -0.2) is 15.6 Å². The molecule has 0 atom stereocenters. The van der Waals surface area contributed by atoms with E-state index < -0.39 is 17.1 Å². The summed E-state index contributed by atoms with van der Waals surface area (Å²) in [5, 5.41) is 2.89. The number of anilines is 2. The van der Waals surface area contributed by atoms with Crippen molar-refractivity contribution in [1.29, 1.82) is 0 Å². The van der Waals surface area contributed by atoms with Crippen molar-refractivity contribution < 1.29 is 13.9 Å². The summed E-state index contributed by atoms with van der Waals surface area (Å²) in [6.45, 7) is 2.22. The number of hydrogen-bond donors (Lipinski definition) is 1. The summed E-state index contributed by atoms with van der Waals surface area (Å²) in [7, 11) is 1.36. The van der Waals surface area contributed by atoms with Gasteiger partial charge in [0.15, 0.2) is 0 Å². The van der Waals surface area contributed by atoms with Crippen LogP contribution in [0.1, 0.15) is 6.92 Å². The monoisotopic (exact) mass is 509 g/mol. The lowest BCUT2D eigenvalue weighted by Crippen LogP contribution is -2.40. The van der Waals surface area contributed by atoms with Crippen molar-refractivity contribution in [3.05, 3.63) is 72.7 Å². The van der Waals surface area contributed by atoms with Crippen LogP contribution in [0.25, 0.3) is 11.1 Å². The molecule has 3 aromatic rings. The standard InChI is InChI=1S/C20H17FIN3O4/c1-3-25-18(23-15-9-8-12(22)10-14(15)21)17(19(27)24(2)20(25)28)13-6-4-5-7-16(13)29-11-26/h4-11,23H,3H2,1-2H3.